The molecule has 1 aliphatic heterocycles. The van der Waals surface area contributed by atoms with Gasteiger partial charge in [-0.3, -0.25) is 4.98 Å². The van der Waals surface area contributed by atoms with Crippen molar-refractivity contribution >= 4 is 33.3 Å². The molecule has 1 aliphatic rings. The van der Waals surface area contributed by atoms with Gasteiger partial charge in [0.25, 0.3) is 0 Å². The number of aryl methyl sites for hydroxylation is 2. The average molecular weight is 325 g/mol. The molecule has 3 aromatic rings. The van der Waals surface area contributed by atoms with Crippen molar-refractivity contribution in [1.82, 2.24) is 14.3 Å². The Morgan fingerprint density at radius 2 is 1.78 bits per heavy atom. The standard InChI is InChI=1S/C17H19N5S/c1-12-4-3-5-14-15(6-7-18-16(12)14)21-8-10-22(11-9-21)17-19-13(2)20-23-17/h3-7H,8-11H2,1-2H3. The normalized spacial score (nSPS) is 15.4. The number of nitrogens with zero attached hydrogens (tertiary/aromatic N) is 5. The average Bonchev–Trinajstić information content (AvgIpc) is 3.02. The molecule has 1 saturated heterocycles. The lowest BCUT2D eigenvalue weighted by Gasteiger charge is -2.36. The van der Waals surface area contributed by atoms with Crippen LogP contribution in [0.2, 0.25) is 0 Å². The molecular formula is C17H19N5S. The van der Waals surface area contributed by atoms with Crippen LogP contribution in [0.4, 0.5) is 10.8 Å². The molecule has 0 atom stereocenters. The van der Waals surface area contributed by atoms with E-state index in [0.29, 0.717) is 0 Å². The Balaban J connectivity index is 1.58. The van der Waals surface area contributed by atoms with Crippen molar-refractivity contribution in [1.29, 1.82) is 0 Å². The highest BCUT2D eigenvalue weighted by Crippen LogP contribution is 2.28. The van der Waals surface area contributed by atoms with Gasteiger partial charge in [0.15, 0.2) is 0 Å². The molecule has 5 nitrogen and oxygen atoms in total. The second kappa shape index (κ2) is 5.77. The molecule has 0 unspecified atom stereocenters. The minimum atomic E-state index is 0.864. The molecule has 0 aliphatic carbocycles. The van der Waals surface area contributed by atoms with Crippen LogP contribution < -0.4 is 9.80 Å². The van der Waals surface area contributed by atoms with Crippen LogP contribution in [0.5, 0.6) is 0 Å². The van der Waals surface area contributed by atoms with Gasteiger partial charge in [-0.15, -0.1) is 0 Å². The zero-order chi connectivity index (χ0) is 15.8. The molecule has 1 aromatic carbocycles. The predicted molar refractivity (Wildman–Crippen MR) is 95.6 cm³/mol. The summed E-state index contributed by atoms with van der Waals surface area (Å²) in [5.41, 5.74) is 3.62. The van der Waals surface area contributed by atoms with Crippen LogP contribution in [0.1, 0.15) is 11.4 Å². The molecule has 0 N–H and O–H groups in total. The topological polar surface area (TPSA) is 45.2 Å². The molecule has 0 bridgehead atoms. The van der Waals surface area contributed by atoms with Gasteiger partial charge in [0, 0.05) is 55.0 Å². The van der Waals surface area contributed by atoms with Crippen LogP contribution in [0.15, 0.2) is 30.5 Å². The van der Waals surface area contributed by atoms with Crippen molar-refractivity contribution in [3.63, 3.8) is 0 Å². The number of aromatic nitrogens is 3. The number of fused-ring (bicyclic) bond motifs is 1. The van der Waals surface area contributed by atoms with Crippen molar-refractivity contribution in [2.24, 2.45) is 0 Å². The molecule has 0 radical (unpaired) electrons. The number of hydrogen-bond acceptors (Lipinski definition) is 6. The number of rotatable bonds is 2. The predicted octanol–water partition coefficient (Wildman–Crippen LogP) is 3.03. The van der Waals surface area contributed by atoms with Crippen molar-refractivity contribution < 1.29 is 0 Å². The van der Waals surface area contributed by atoms with Crippen LogP contribution in [-0.4, -0.2) is 40.5 Å². The SMILES string of the molecule is Cc1nsc(N2CCN(c3ccnc4c(C)cccc34)CC2)n1. The largest absolute Gasteiger partial charge is 0.367 e. The molecule has 0 saturated carbocycles. The van der Waals surface area contributed by atoms with Gasteiger partial charge < -0.3 is 9.80 Å². The maximum Gasteiger partial charge on any atom is 0.205 e. The first-order valence-corrected chi connectivity index (χ1v) is 8.64. The summed E-state index contributed by atoms with van der Waals surface area (Å²) in [4.78, 5) is 13.8. The van der Waals surface area contributed by atoms with Gasteiger partial charge >= 0.3 is 0 Å². The van der Waals surface area contributed by atoms with Crippen molar-refractivity contribution in [2.45, 2.75) is 13.8 Å². The Morgan fingerprint density at radius 3 is 2.52 bits per heavy atom. The number of anilines is 2. The molecule has 0 spiro atoms. The minimum absolute atomic E-state index is 0.864. The van der Waals surface area contributed by atoms with Crippen molar-refractivity contribution in [3.8, 4) is 0 Å². The number of para-hydroxylation sites is 1. The van der Waals surface area contributed by atoms with Gasteiger partial charge in [0.2, 0.25) is 5.13 Å². The van der Waals surface area contributed by atoms with E-state index >= 15 is 0 Å². The van der Waals surface area contributed by atoms with Gasteiger partial charge in [-0.1, -0.05) is 18.2 Å². The molecule has 3 heterocycles. The maximum absolute atomic E-state index is 4.55. The molecule has 2 aromatic heterocycles. The smallest absolute Gasteiger partial charge is 0.205 e. The van der Waals surface area contributed by atoms with E-state index in [-0.39, 0.29) is 0 Å². The third-order valence-electron chi connectivity index (χ3n) is 4.36. The molecule has 6 heteroatoms. The van der Waals surface area contributed by atoms with Crippen molar-refractivity contribution in [2.75, 3.05) is 36.0 Å². The summed E-state index contributed by atoms with van der Waals surface area (Å²) in [5.74, 6) is 0.864. The van der Waals surface area contributed by atoms with E-state index in [4.69, 9.17) is 0 Å². The summed E-state index contributed by atoms with van der Waals surface area (Å²) in [5, 5.41) is 2.28. The summed E-state index contributed by atoms with van der Waals surface area (Å²) in [6.07, 6.45) is 1.92. The van der Waals surface area contributed by atoms with Gasteiger partial charge in [0.05, 0.1) is 5.52 Å². The lowest BCUT2D eigenvalue weighted by atomic mass is 10.1. The van der Waals surface area contributed by atoms with Crippen molar-refractivity contribution in [3.05, 3.63) is 41.9 Å². The van der Waals surface area contributed by atoms with Gasteiger partial charge in [-0.05, 0) is 25.5 Å². The summed E-state index contributed by atoms with van der Waals surface area (Å²) in [6.45, 7) is 8.00. The van der Waals surface area contributed by atoms with Crippen LogP contribution >= 0.6 is 11.5 Å². The lowest BCUT2D eigenvalue weighted by molar-refractivity contribution is 0.653. The highest BCUT2D eigenvalue weighted by molar-refractivity contribution is 7.09. The van der Waals surface area contributed by atoms with Gasteiger partial charge in [-0.25, -0.2) is 4.98 Å². The number of piperazine rings is 1. The van der Waals surface area contributed by atoms with Crippen LogP contribution in [-0.2, 0) is 0 Å². The van der Waals surface area contributed by atoms with Gasteiger partial charge in [0.1, 0.15) is 5.82 Å². The Hall–Kier alpha value is -2.21. The van der Waals surface area contributed by atoms with E-state index in [1.54, 1.807) is 0 Å². The fourth-order valence-electron chi connectivity index (χ4n) is 3.14. The zero-order valence-corrected chi connectivity index (χ0v) is 14.2. The Labute approximate surface area is 139 Å². The first-order valence-electron chi connectivity index (χ1n) is 7.87. The Morgan fingerprint density at radius 1 is 1.00 bits per heavy atom. The molecule has 0 amide bonds. The molecular weight excluding hydrogens is 306 g/mol. The number of pyridine rings is 1. The zero-order valence-electron chi connectivity index (χ0n) is 13.4. The summed E-state index contributed by atoms with van der Waals surface area (Å²) in [7, 11) is 0. The Bertz CT molecular complexity index is 836. The molecule has 118 valence electrons. The fraction of sp³-hybridized carbons (Fsp3) is 0.353. The van der Waals surface area contributed by atoms with E-state index in [9.17, 15) is 0 Å². The summed E-state index contributed by atoms with van der Waals surface area (Å²) >= 11 is 1.49. The fourth-order valence-corrected chi connectivity index (χ4v) is 3.86. The van der Waals surface area contributed by atoms with E-state index in [1.165, 1.54) is 28.2 Å². The summed E-state index contributed by atoms with van der Waals surface area (Å²) < 4.78 is 4.29. The van der Waals surface area contributed by atoms with Crippen LogP contribution in [0, 0.1) is 13.8 Å². The minimum Gasteiger partial charge on any atom is -0.367 e. The highest BCUT2D eigenvalue weighted by Gasteiger charge is 2.21. The first-order chi connectivity index (χ1) is 11.2. The third kappa shape index (κ3) is 2.63. The number of hydrogen-bond donors (Lipinski definition) is 0. The van der Waals surface area contributed by atoms with E-state index in [0.717, 1.165) is 42.7 Å². The monoisotopic (exact) mass is 325 g/mol. The van der Waals surface area contributed by atoms with Crippen LogP contribution in [0.3, 0.4) is 0 Å². The third-order valence-corrected chi connectivity index (χ3v) is 5.23. The molecule has 23 heavy (non-hydrogen) atoms. The second-order valence-corrected chi connectivity index (χ2v) is 6.63. The van der Waals surface area contributed by atoms with E-state index in [1.807, 2.05) is 13.1 Å². The summed E-state index contributed by atoms with van der Waals surface area (Å²) in [6, 6.07) is 8.54. The quantitative estimate of drug-likeness (QED) is 0.725. The molecule has 1 fully saturated rings. The highest BCUT2D eigenvalue weighted by atomic mass is 32.1. The van der Waals surface area contributed by atoms with E-state index in [2.05, 4.69) is 55.3 Å². The number of benzene rings is 1. The van der Waals surface area contributed by atoms with Crippen LogP contribution in [0.25, 0.3) is 10.9 Å². The first kappa shape index (κ1) is 14.4. The molecule has 4 rings (SSSR count). The second-order valence-electron chi connectivity index (χ2n) is 5.90. The van der Waals surface area contributed by atoms with E-state index < -0.39 is 0 Å². The van der Waals surface area contributed by atoms with Gasteiger partial charge in [-0.2, -0.15) is 4.37 Å². The lowest BCUT2D eigenvalue weighted by Crippen LogP contribution is -2.46. The Kier molecular flexibility index (Phi) is 3.61. The maximum atomic E-state index is 4.55.